The summed E-state index contributed by atoms with van der Waals surface area (Å²) >= 11 is 1.43. The zero-order chi connectivity index (χ0) is 8.69. The minimum Gasteiger partial charge on any atom is -0.480 e. The molecule has 0 aromatic carbocycles. The molecule has 0 bridgehead atoms. The average Bonchev–Trinajstić information content (AvgIpc) is 1.97. The van der Waals surface area contributed by atoms with E-state index in [0.29, 0.717) is 0 Å². The van der Waals surface area contributed by atoms with Crippen molar-refractivity contribution in [3.8, 4) is 0 Å². The van der Waals surface area contributed by atoms with Crippen LogP contribution in [-0.2, 0) is 4.79 Å². The summed E-state index contributed by atoms with van der Waals surface area (Å²) in [6, 6.07) is 0. The monoisotopic (exact) mass is 177 g/mol. The van der Waals surface area contributed by atoms with E-state index >= 15 is 0 Å². The number of thioether (sulfide) groups is 1. The van der Waals surface area contributed by atoms with Crippen LogP contribution in [-0.4, -0.2) is 28.6 Å². The zero-order valence-electron chi connectivity index (χ0n) is 6.75. The molecule has 0 spiro atoms. The van der Waals surface area contributed by atoms with Crippen molar-refractivity contribution in [3.63, 3.8) is 0 Å². The van der Waals surface area contributed by atoms with Gasteiger partial charge in [-0.1, -0.05) is 13.3 Å². The molecule has 0 radical (unpaired) electrons. The lowest BCUT2D eigenvalue weighted by Gasteiger charge is -2.07. The standard InChI is InChI=1S/C7H15NO2S/c1-2-3-4-11-6(5-8)7(9)10/h6H,2-5,8H2,1H3,(H,9,10). The number of nitrogens with two attached hydrogens (primary N) is 1. The van der Waals surface area contributed by atoms with Crippen LogP contribution >= 0.6 is 11.8 Å². The summed E-state index contributed by atoms with van der Waals surface area (Å²) in [6.07, 6.45) is 2.17. The van der Waals surface area contributed by atoms with Crippen molar-refractivity contribution < 1.29 is 9.90 Å². The molecule has 0 aromatic rings. The molecule has 0 aliphatic heterocycles. The number of aliphatic carboxylic acids is 1. The molecule has 0 saturated carbocycles. The Hall–Kier alpha value is -0.220. The van der Waals surface area contributed by atoms with Gasteiger partial charge in [-0.05, 0) is 12.2 Å². The number of carboxylic acids is 1. The largest absolute Gasteiger partial charge is 0.480 e. The van der Waals surface area contributed by atoms with Crippen LogP contribution in [0.25, 0.3) is 0 Å². The van der Waals surface area contributed by atoms with Crippen molar-refractivity contribution in [1.82, 2.24) is 0 Å². The Balaban J connectivity index is 3.44. The van der Waals surface area contributed by atoms with Crippen molar-refractivity contribution in [3.05, 3.63) is 0 Å². The van der Waals surface area contributed by atoms with Crippen molar-refractivity contribution >= 4 is 17.7 Å². The smallest absolute Gasteiger partial charge is 0.317 e. The van der Waals surface area contributed by atoms with Gasteiger partial charge < -0.3 is 10.8 Å². The van der Waals surface area contributed by atoms with E-state index in [1.807, 2.05) is 0 Å². The van der Waals surface area contributed by atoms with E-state index in [1.54, 1.807) is 0 Å². The summed E-state index contributed by atoms with van der Waals surface area (Å²) in [5.41, 5.74) is 5.25. The number of hydrogen-bond acceptors (Lipinski definition) is 3. The first-order valence-corrected chi connectivity index (χ1v) is 4.81. The molecule has 0 aliphatic rings. The van der Waals surface area contributed by atoms with Gasteiger partial charge in [-0.2, -0.15) is 0 Å². The van der Waals surface area contributed by atoms with Crippen molar-refractivity contribution in [2.75, 3.05) is 12.3 Å². The lowest BCUT2D eigenvalue weighted by atomic mass is 10.4. The maximum Gasteiger partial charge on any atom is 0.317 e. The summed E-state index contributed by atoms with van der Waals surface area (Å²) in [4.78, 5) is 10.4. The molecule has 0 fully saturated rings. The highest BCUT2D eigenvalue weighted by Gasteiger charge is 2.14. The van der Waals surface area contributed by atoms with E-state index in [0.717, 1.165) is 18.6 Å². The third-order valence-electron chi connectivity index (χ3n) is 1.31. The summed E-state index contributed by atoms with van der Waals surface area (Å²) in [6.45, 7) is 2.31. The fourth-order valence-electron chi connectivity index (χ4n) is 0.610. The quantitative estimate of drug-likeness (QED) is 0.592. The number of carbonyl (C=O) groups is 1. The highest BCUT2D eigenvalue weighted by molar-refractivity contribution is 8.00. The summed E-state index contributed by atoms with van der Waals surface area (Å²) in [5, 5.41) is 8.16. The third kappa shape index (κ3) is 5.09. The zero-order valence-corrected chi connectivity index (χ0v) is 7.56. The van der Waals surface area contributed by atoms with E-state index in [4.69, 9.17) is 10.8 Å². The second kappa shape index (κ2) is 6.49. The van der Waals surface area contributed by atoms with E-state index in [-0.39, 0.29) is 6.54 Å². The molecule has 11 heavy (non-hydrogen) atoms. The van der Waals surface area contributed by atoms with Gasteiger partial charge in [0.05, 0.1) is 0 Å². The van der Waals surface area contributed by atoms with Gasteiger partial charge in [0.25, 0.3) is 0 Å². The predicted octanol–water partition coefficient (Wildman–Crippen LogP) is 0.932. The Morgan fingerprint density at radius 2 is 2.36 bits per heavy atom. The molecule has 66 valence electrons. The van der Waals surface area contributed by atoms with Crippen molar-refractivity contribution in [2.24, 2.45) is 5.73 Å². The first-order chi connectivity index (χ1) is 5.22. The van der Waals surface area contributed by atoms with Crippen LogP contribution in [0, 0.1) is 0 Å². The van der Waals surface area contributed by atoms with Crippen LogP contribution in [0.15, 0.2) is 0 Å². The fraction of sp³-hybridized carbons (Fsp3) is 0.857. The molecule has 0 aliphatic carbocycles. The summed E-state index contributed by atoms with van der Waals surface area (Å²) in [5.74, 6) is 0.0959. The van der Waals surface area contributed by atoms with Crippen molar-refractivity contribution in [2.45, 2.75) is 25.0 Å². The molecule has 0 saturated heterocycles. The van der Waals surface area contributed by atoms with Crippen LogP contribution in [0.4, 0.5) is 0 Å². The van der Waals surface area contributed by atoms with Gasteiger partial charge in [0.2, 0.25) is 0 Å². The number of carboxylic acid groups (broad SMARTS) is 1. The Bertz CT molecular complexity index is 119. The van der Waals surface area contributed by atoms with Crippen molar-refractivity contribution in [1.29, 1.82) is 0 Å². The van der Waals surface area contributed by atoms with E-state index in [1.165, 1.54) is 11.8 Å². The second-order valence-corrected chi connectivity index (χ2v) is 3.60. The highest BCUT2D eigenvalue weighted by Crippen LogP contribution is 2.11. The molecule has 1 unspecified atom stereocenters. The van der Waals surface area contributed by atoms with Crippen LogP contribution < -0.4 is 5.73 Å². The number of unbranched alkanes of at least 4 members (excludes halogenated alkanes) is 1. The van der Waals surface area contributed by atoms with Gasteiger partial charge in [-0.15, -0.1) is 11.8 Å². The lowest BCUT2D eigenvalue weighted by molar-refractivity contribution is -0.136. The minimum atomic E-state index is -0.798. The number of hydrogen-bond donors (Lipinski definition) is 2. The van der Waals surface area contributed by atoms with E-state index in [9.17, 15) is 4.79 Å². The maximum atomic E-state index is 10.4. The average molecular weight is 177 g/mol. The first-order valence-electron chi connectivity index (χ1n) is 3.76. The molecule has 4 heteroatoms. The highest BCUT2D eigenvalue weighted by atomic mass is 32.2. The molecular weight excluding hydrogens is 162 g/mol. The Morgan fingerprint density at radius 1 is 1.73 bits per heavy atom. The third-order valence-corrected chi connectivity index (χ3v) is 2.63. The Morgan fingerprint density at radius 3 is 2.73 bits per heavy atom. The van der Waals surface area contributed by atoms with E-state index < -0.39 is 11.2 Å². The van der Waals surface area contributed by atoms with Gasteiger partial charge in [-0.25, -0.2) is 0 Å². The Kier molecular flexibility index (Phi) is 6.36. The second-order valence-electron chi connectivity index (χ2n) is 2.29. The molecule has 0 heterocycles. The van der Waals surface area contributed by atoms with Gasteiger partial charge in [-0.3, -0.25) is 4.79 Å². The fourth-order valence-corrected chi connectivity index (χ4v) is 1.63. The van der Waals surface area contributed by atoms with Crippen LogP contribution in [0.2, 0.25) is 0 Å². The maximum absolute atomic E-state index is 10.4. The van der Waals surface area contributed by atoms with Crippen LogP contribution in [0.1, 0.15) is 19.8 Å². The molecule has 0 amide bonds. The van der Waals surface area contributed by atoms with Gasteiger partial charge in [0, 0.05) is 6.54 Å². The summed E-state index contributed by atoms with van der Waals surface area (Å²) in [7, 11) is 0. The summed E-state index contributed by atoms with van der Waals surface area (Å²) < 4.78 is 0. The normalized spacial score (nSPS) is 12.9. The molecule has 3 nitrogen and oxygen atoms in total. The predicted molar refractivity (Wildman–Crippen MR) is 47.8 cm³/mol. The minimum absolute atomic E-state index is 0.226. The molecule has 3 N–H and O–H groups in total. The first kappa shape index (κ1) is 10.8. The van der Waals surface area contributed by atoms with Gasteiger partial charge >= 0.3 is 5.97 Å². The number of rotatable bonds is 6. The molecule has 1 atom stereocenters. The molecular formula is C7H15NO2S. The SMILES string of the molecule is CCCCSC(CN)C(=O)O. The van der Waals surface area contributed by atoms with Gasteiger partial charge in [0.15, 0.2) is 0 Å². The topological polar surface area (TPSA) is 63.3 Å². The molecule has 0 rings (SSSR count). The van der Waals surface area contributed by atoms with Crippen LogP contribution in [0.3, 0.4) is 0 Å². The van der Waals surface area contributed by atoms with Crippen LogP contribution in [0.5, 0.6) is 0 Å². The Labute approximate surface area is 71.3 Å². The van der Waals surface area contributed by atoms with Gasteiger partial charge in [0.1, 0.15) is 5.25 Å². The van der Waals surface area contributed by atoms with E-state index in [2.05, 4.69) is 6.92 Å². The lowest BCUT2D eigenvalue weighted by Crippen LogP contribution is -2.26. The molecule has 0 aromatic heterocycles.